The summed E-state index contributed by atoms with van der Waals surface area (Å²) in [6, 6.07) is 89.7. The minimum Gasteiger partial charge on any atom is -0.310 e. The number of anilines is 6. The van der Waals surface area contributed by atoms with Crippen LogP contribution in [0.1, 0.15) is 22.3 Å². The van der Waals surface area contributed by atoms with Gasteiger partial charge in [0, 0.05) is 33.7 Å². The van der Waals surface area contributed by atoms with E-state index in [9.17, 15) is 0 Å². The average molecular weight is 801 g/mol. The second kappa shape index (κ2) is 13.9. The van der Waals surface area contributed by atoms with E-state index in [0.29, 0.717) is 0 Å². The highest BCUT2D eigenvalue weighted by atomic mass is 15.2. The smallest absolute Gasteiger partial charge is 0.0727 e. The molecule has 0 heterocycles. The Balaban J connectivity index is 1.08. The molecule has 0 aromatic heterocycles. The zero-order valence-corrected chi connectivity index (χ0v) is 34.5. The van der Waals surface area contributed by atoms with Crippen molar-refractivity contribution < 1.29 is 0 Å². The fraction of sp³-hybridized carbons (Fsp3) is 0.0164. The Kier molecular flexibility index (Phi) is 7.85. The fourth-order valence-electron chi connectivity index (χ4n) is 11.0. The molecule has 11 aromatic rings. The van der Waals surface area contributed by atoms with Crippen molar-refractivity contribution in [3.05, 3.63) is 265 Å². The van der Waals surface area contributed by atoms with Gasteiger partial charge in [0.1, 0.15) is 0 Å². The van der Waals surface area contributed by atoms with Gasteiger partial charge in [-0.15, -0.1) is 0 Å². The van der Waals surface area contributed by atoms with E-state index >= 15 is 0 Å². The van der Waals surface area contributed by atoms with Crippen molar-refractivity contribution >= 4 is 66.4 Å². The molecule has 0 amide bonds. The fourth-order valence-corrected chi connectivity index (χ4v) is 11.0. The highest BCUT2D eigenvalue weighted by molar-refractivity contribution is 6.09. The summed E-state index contributed by atoms with van der Waals surface area (Å²) >= 11 is 0. The molecule has 11 aromatic carbocycles. The van der Waals surface area contributed by atoms with Gasteiger partial charge in [-0.3, -0.25) is 0 Å². The highest BCUT2D eigenvalue weighted by Gasteiger charge is 2.52. The van der Waals surface area contributed by atoms with Crippen LogP contribution < -0.4 is 9.80 Å². The summed E-state index contributed by atoms with van der Waals surface area (Å²) in [5, 5.41) is 7.44. The third kappa shape index (κ3) is 5.19. The molecule has 0 fully saturated rings. The molecule has 0 bridgehead atoms. The van der Waals surface area contributed by atoms with E-state index in [1.165, 1.54) is 76.8 Å². The Bertz CT molecular complexity index is 3590. The van der Waals surface area contributed by atoms with Gasteiger partial charge in [-0.05, 0) is 127 Å². The first-order chi connectivity index (χ1) is 31.3. The number of fused-ring (bicyclic) bond motifs is 14. The van der Waals surface area contributed by atoms with Crippen LogP contribution in [-0.2, 0) is 5.41 Å². The van der Waals surface area contributed by atoms with E-state index in [0.717, 1.165) is 34.1 Å². The van der Waals surface area contributed by atoms with Crippen LogP contribution in [0.3, 0.4) is 0 Å². The molecule has 0 aliphatic heterocycles. The van der Waals surface area contributed by atoms with Crippen LogP contribution >= 0.6 is 0 Å². The van der Waals surface area contributed by atoms with Crippen molar-refractivity contribution in [1.29, 1.82) is 0 Å². The Morgan fingerprint density at radius 1 is 0.254 bits per heavy atom. The SMILES string of the molecule is c1ccc(N(c2ccc3c(ccc4ccccc43)c2)c2cccc3c2-c2ccccc2C32c3ccccc3-c3ccc(N(c4ccccc4)c4cccc5ccccc45)cc32)cc1. The maximum Gasteiger partial charge on any atom is 0.0727 e. The van der Waals surface area contributed by atoms with Gasteiger partial charge in [0.25, 0.3) is 0 Å². The molecule has 13 rings (SSSR count). The van der Waals surface area contributed by atoms with Crippen LogP contribution in [0.4, 0.5) is 34.1 Å². The van der Waals surface area contributed by atoms with Crippen LogP contribution in [-0.4, -0.2) is 0 Å². The Morgan fingerprint density at radius 2 is 0.746 bits per heavy atom. The zero-order valence-electron chi connectivity index (χ0n) is 34.5. The van der Waals surface area contributed by atoms with Gasteiger partial charge in [0.15, 0.2) is 0 Å². The average Bonchev–Trinajstić information content (AvgIpc) is 3.82. The number of rotatable bonds is 6. The van der Waals surface area contributed by atoms with Gasteiger partial charge in [-0.2, -0.15) is 0 Å². The van der Waals surface area contributed by atoms with Gasteiger partial charge in [-0.25, -0.2) is 0 Å². The second-order valence-corrected chi connectivity index (χ2v) is 16.8. The van der Waals surface area contributed by atoms with Gasteiger partial charge in [-0.1, -0.05) is 182 Å². The largest absolute Gasteiger partial charge is 0.310 e. The van der Waals surface area contributed by atoms with Crippen LogP contribution in [0.5, 0.6) is 0 Å². The molecule has 0 saturated carbocycles. The predicted molar refractivity (Wildman–Crippen MR) is 265 cm³/mol. The minimum absolute atomic E-state index is 0.560. The molecule has 63 heavy (non-hydrogen) atoms. The number of benzene rings is 11. The molecule has 0 radical (unpaired) electrons. The molecule has 1 unspecified atom stereocenters. The quantitative estimate of drug-likeness (QED) is 0.155. The first-order valence-electron chi connectivity index (χ1n) is 21.8. The lowest BCUT2D eigenvalue weighted by atomic mass is 9.70. The molecule has 1 spiro atoms. The molecule has 2 aliphatic rings. The minimum atomic E-state index is -0.560. The monoisotopic (exact) mass is 800 g/mol. The van der Waals surface area contributed by atoms with E-state index in [1.54, 1.807) is 0 Å². The van der Waals surface area contributed by atoms with Crippen LogP contribution in [0, 0.1) is 0 Å². The van der Waals surface area contributed by atoms with Crippen molar-refractivity contribution in [3.63, 3.8) is 0 Å². The number of nitrogens with zero attached hydrogens (tertiary/aromatic N) is 2. The van der Waals surface area contributed by atoms with Crippen LogP contribution in [0.2, 0.25) is 0 Å². The topological polar surface area (TPSA) is 6.48 Å². The standard InChI is InChI=1S/C61H40N2/c1-3-20-44(21-4-1)62(58-31-15-19-41-17-8-10-25-50(41)58)47-36-38-52-51-26-11-13-28-54(51)61(57(52)40-47)55-29-14-12-27-53(55)60-56(61)30-16-32-59(60)63(45-22-5-2-6-23-45)46-35-37-49-43(39-46)34-33-42-18-7-9-24-48(42)49/h1-40H. The molecule has 2 nitrogen and oxygen atoms in total. The Morgan fingerprint density at radius 3 is 1.52 bits per heavy atom. The maximum atomic E-state index is 2.49. The second-order valence-electron chi connectivity index (χ2n) is 16.8. The molecule has 0 saturated heterocycles. The third-order valence-electron chi connectivity index (χ3n) is 13.6. The third-order valence-corrected chi connectivity index (χ3v) is 13.6. The Hall–Kier alpha value is -8.20. The summed E-state index contributed by atoms with van der Waals surface area (Å²) < 4.78 is 0. The zero-order chi connectivity index (χ0) is 41.5. The van der Waals surface area contributed by atoms with Gasteiger partial charge < -0.3 is 9.80 Å². The Labute approximate surface area is 367 Å². The van der Waals surface area contributed by atoms with Crippen molar-refractivity contribution in [2.45, 2.75) is 5.41 Å². The molecule has 294 valence electrons. The summed E-state index contributed by atoms with van der Waals surface area (Å²) in [7, 11) is 0. The molecule has 2 heteroatoms. The van der Waals surface area contributed by atoms with Gasteiger partial charge in [0.05, 0.1) is 16.8 Å². The highest BCUT2D eigenvalue weighted by Crippen LogP contribution is 2.65. The number of hydrogen-bond donors (Lipinski definition) is 0. The normalized spacial score (nSPS) is 14.4. The first-order valence-corrected chi connectivity index (χ1v) is 21.8. The van der Waals surface area contributed by atoms with Crippen molar-refractivity contribution in [1.82, 2.24) is 0 Å². The molecule has 2 aliphatic carbocycles. The van der Waals surface area contributed by atoms with E-state index in [4.69, 9.17) is 0 Å². The summed E-state index contributed by atoms with van der Waals surface area (Å²) in [5.41, 5.74) is 16.5. The van der Waals surface area contributed by atoms with E-state index in [2.05, 4.69) is 252 Å². The lowest BCUT2D eigenvalue weighted by molar-refractivity contribution is 0.793. The summed E-state index contributed by atoms with van der Waals surface area (Å²) in [6.45, 7) is 0. The lowest BCUT2D eigenvalue weighted by Gasteiger charge is -2.33. The van der Waals surface area contributed by atoms with E-state index in [1.807, 2.05) is 0 Å². The molecular weight excluding hydrogens is 761 g/mol. The van der Waals surface area contributed by atoms with Crippen LogP contribution in [0.25, 0.3) is 54.6 Å². The van der Waals surface area contributed by atoms with Crippen molar-refractivity contribution in [3.8, 4) is 22.3 Å². The van der Waals surface area contributed by atoms with Crippen molar-refractivity contribution in [2.24, 2.45) is 0 Å². The predicted octanol–water partition coefficient (Wildman–Crippen LogP) is 16.4. The lowest BCUT2D eigenvalue weighted by Crippen LogP contribution is -2.26. The summed E-state index contributed by atoms with van der Waals surface area (Å²) in [6.07, 6.45) is 0. The van der Waals surface area contributed by atoms with Gasteiger partial charge >= 0.3 is 0 Å². The van der Waals surface area contributed by atoms with Gasteiger partial charge in [0.2, 0.25) is 0 Å². The van der Waals surface area contributed by atoms with Crippen molar-refractivity contribution in [2.75, 3.05) is 9.80 Å². The number of para-hydroxylation sites is 2. The van der Waals surface area contributed by atoms with Crippen LogP contribution in [0.15, 0.2) is 243 Å². The van der Waals surface area contributed by atoms with E-state index in [-0.39, 0.29) is 0 Å². The molecular formula is C61H40N2. The molecule has 1 atom stereocenters. The van der Waals surface area contributed by atoms with E-state index < -0.39 is 5.41 Å². The first kappa shape index (κ1) is 35.5. The molecule has 0 N–H and O–H groups in total. The summed E-state index contributed by atoms with van der Waals surface area (Å²) in [5.74, 6) is 0. The maximum absolute atomic E-state index is 2.49. The summed E-state index contributed by atoms with van der Waals surface area (Å²) in [4.78, 5) is 4.91. The number of hydrogen-bond acceptors (Lipinski definition) is 2.